The highest BCUT2D eigenvalue weighted by Gasteiger charge is 1.98. The summed E-state index contributed by atoms with van der Waals surface area (Å²) in [6, 6.07) is 9.62. The molecule has 4 N–H and O–H groups in total. The van der Waals surface area contributed by atoms with E-state index in [-0.39, 0.29) is 5.84 Å². The number of nitrogens with two attached hydrogens (primary N) is 1. The first kappa shape index (κ1) is 13.1. The molecule has 0 aliphatic carbocycles. The van der Waals surface area contributed by atoms with Crippen LogP contribution in [-0.2, 0) is 0 Å². The molecule has 0 aliphatic heterocycles. The Bertz CT molecular complexity index is 491. The van der Waals surface area contributed by atoms with Crippen molar-refractivity contribution in [3.8, 4) is 0 Å². The lowest BCUT2D eigenvalue weighted by molar-refractivity contribution is 0.864. The van der Waals surface area contributed by atoms with Gasteiger partial charge < -0.3 is 11.1 Å². The van der Waals surface area contributed by atoms with Gasteiger partial charge in [-0.3, -0.25) is 10.4 Å². The van der Waals surface area contributed by atoms with Crippen LogP contribution in [0.15, 0.2) is 36.5 Å². The molecule has 0 saturated carbocycles. The van der Waals surface area contributed by atoms with Crippen LogP contribution in [0, 0.1) is 5.41 Å². The minimum atomic E-state index is 0.0539. The number of nitrogens with one attached hydrogen (secondary N) is 2. The van der Waals surface area contributed by atoms with Gasteiger partial charge in [-0.15, -0.1) is 0 Å². The lowest BCUT2D eigenvalue weighted by atomic mass is 10.1. The van der Waals surface area contributed by atoms with Crippen molar-refractivity contribution in [3.05, 3.63) is 42.1 Å². The fourth-order valence-corrected chi connectivity index (χ4v) is 1.22. The number of pyridine rings is 1. The molecule has 0 saturated heterocycles. The lowest BCUT2D eigenvalue weighted by Gasteiger charge is -1.99. The number of nitrogens with zero attached hydrogens (tertiary/aromatic N) is 1. The standard InChI is InChI=1S/C10H9N3.C3H9N/c11-10(12)8-5-7-3-1-2-4-9(7)13-6-8;1-3-4-2/h1-6H,(H3,11,12);4H,3H2,1-2H3. The maximum atomic E-state index is 7.25. The molecule has 0 bridgehead atoms. The molecule has 0 unspecified atom stereocenters. The van der Waals surface area contributed by atoms with Gasteiger partial charge in [0.15, 0.2) is 0 Å². The van der Waals surface area contributed by atoms with Gasteiger partial charge in [0.2, 0.25) is 0 Å². The summed E-state index contributed by atoms with van der Waals surface area (Å²) in [5, 5.41) is 11.2. The van der Waals surface area contributed by atoms with E-state index in [2.05, 4.69) is 17.2 Å². The second kappa shape index (κ2) is 6.60. The molecule has 0 spiro atoms. The van der Waals surface area contributed by atoms with Crippen molar-refractivity contribution in [2.45, 2.75) is 6.92 Å². The first-order valence-corrected chi connectivity index (χ1v) is 5.52. The predicted octanol–water partition coefficient (Wildman–Crippen LogP) is 1.74. The fraction of sp³-hybridized carbons (Fsp3) is 0.231. The van der Waals surface area contributed by atoms with Gasteiger partial charge in [0.25, 0.3) is 0 Å². The van der Waals surface area contributed by atoms with Crippen molar-refractivity contribution in [1.29, 1.82) is 5.41 Å². The second-order valence-electron chi connectivity index (χ2n) is 3.54. The van der Waals surface area contributed by atoms with Crippen LogP contribution >= 0.6 is 0 Å². The van der Waals surface area contributed by atoms with Gasteiger partial charge in [-0.1, -0.05) is 25.1 Å². The summed E-state index contributed by atoms with van der Waals surface area (Å²) in [6.45, 7) is 3.14. The Kier molecular flexibility index (Phi) is 5.10. The molecule has 90 valence electrons. The van der Waals surface area contributed by atoms with Crippen molar-refractivity contribution in [1.82, 2.24) is 10.3 Å². The zero-order valence-electron chi connectivity index (χ0n) is 10.2. The molecule has 0 atom stereocenters. The summed E-state index contributed by atoms with van der Waals surface area (Å²) in [7, 11) is 1.93. The number of hydrogen-bond donors (Lipinski definition) is 3. The molecule has 2 aromatic rings. The van der Waals surface area contributed by atoms with Crippen LogP contribution < -0.4 is 11.1 Å². The number of para-hydroxylation sites is 1. The summed E-state index contributed by atoms with van der Waals surface area (Å²) >= 11 is 0. The van der Waals surface area contributed by atoms with E-state index in [0.717, 1.165) is 17.4 Å². The van der Waals surface area contributed by atoms with Gasteiger partial charge in [-0.25, -0.2) is 0 Å². The lowest BCUT2D eigenvalue weighted by Crippen LogP contribution is -2.11. The zero-order valence-corrected chi connectivity index (χ0v) is 10.2. The molecule has 1 aromatic heterocycles. The highest BCUT2D eigenvalue weighted by Crippen LogP contribution is 2.11. The normalized spacial score (nSPS) is 9.53. The van der Waals surface area contributed by atoms with E-state index >= 15 is 0 Å². The van der Waals surface area contributed by atoms with E-state index in [0.29, 0.717) is 5.56 Å². The molecule has 0 aliphatic rings. The molecular weight excluding hydrogens is 212 g/mol. The van der Waals surface area contributed by atoms with Crippen molar-refractivity contribution in [2.75, 3.05) is 13.6 Å². The van der Waals surface area contributed by atoms with Crippen LogP contribution in [-0.4, -0.2) is 24.4 Å². The summed E-state index contributed by atoms with van der Waals surface area (Å²) in [5.74, 6) is 0.0539. The maximum Gasteiger partial charge on any atom is 0.124 e. The SMILES string of the molecule is CCNC.N=C(N)c1cnc2ccccc2c1. The van der Waals surface area contributed by atoms with Gasteiger partial charge >= 0.3 is 0 Å². The number of fused-ring (bicyclic) bond motifs is 1. The molecule has 1 heterocycles. The third-order valence-corrected chi connectivity index (χ3v) is 2.26. The molecule has 0 radical (unpaired) electrons. The summed E-state index contributed by atoms with van der Waals surface area (Å²) in [6.07, 6.45) is 1.62. The smallest absolute Gasteiger partial charge is 0.124 e. The van der Waals surface area contributed by atoms with Crippen LogP contribution in [0.3, 0.4) is 0 Å². The van der Waals surface area contributed by atoms with Crippen LogP contribution in [0.2, 0.25) is 0 Å². The molecule has 4 nitrogen and oxygen atoms in total. The van der Waals surface area contributed by atoms with E-state index in [1.165, 1.54) is 0 Å². The van der Waals surface area contributed by atoms with E-state index in [9.17, 15) is 0 Å². The third kappa shape index (κ3) is 3.85. The molecule has 2 rings (SSSR count). The van der Waals surface area contributed by atoms with Crippen molar-refractivity contribution in [2.24, 2.45) is 5.73 Å². The summed E-state index contributed by atoms with van der Waals surface area (Å²) in [4.78, 5) is 4.18. The Morgan fingerprint density at radius 2 is 2.06 bits per heavy atom. The number of nitrogen functional groups attached to an aromatic ring is 1. The van der Waals surface area contributed by atoms with Crippen LogP contribution in [0.4, 0.5) is 0 Å². The number of aromatic nitrogens is 1. The summed E-state index contributed by atoms with van der Waals surface area (Å²) in [5.41, 5.74) is 6.94. The minimum absolute atomic E-state index is 0.0539. The first-order valence-electron chi connectivity index (χ1n) is 5.52. The quantitative estimate of drug-likeness (QED) is 0.543. The van der Waals surface area contributed by atoms with Crippen molar-refractivity contribution >= 4 is 16.7 Å². The Labute approximate surface area is 101 Å². The van der Waals surface area contributed by atoms with Gasteiger partial charge in [0.1, 0.15) is 5.84 Å². The maximum absolute atomic E-state index is 7.25. The van der Waals surface area contributed by atoms with Gasteiger partial charge in [0.05, 0.1) is 5.52 Å². The second-order valence-corrected chi connectivity index (χ2v) is 3.54. The van der Waals surface area contributed by atoms with Crippen LogP contribution in [0.1, 0.15) is 12.5 Å². The highest BCUT2D eigenvalue weighted by atomic mass is 14.8. The number of rotatable bonds is 2. The number of amidine groups is 1. The van der Waals surface area contributed by atoms with Crippen LogP contribution in [0.5, 0.6) is 0 Å². The Balaban J connectivity index is 0.000000317. The van der Waals surface area contributed by atoms with Gasteiger partial charge in [0, 0.05) is 17.1 Å². The Hall–Kier alpha value is -1.94. The molecule has 1 aromatic carbocycles. The third-order valence-electron chi connectivity index (χ3n) is 2.26. The highest BCUT2D eigenvalue weighted by molar-refractivity contribution is 5.97. The molecule has 4 heteroatoms. The molecular formula is C13H18N4. The van der Waals surface area contributed by atoms with Crippen LogP contribution in [0.25, 0.3) is 10.9 Å². The van der Waals surface area contributed by atoms with Crippen molar-refractivity contribution in [3.63, 3.8) is 0 Å². The number of hydrogen-bond acceptors (Lipinski definition) is 3. The average molecular weight is 230 g/mol. The van der Waals surface area contributed by atoms with E-state index < -0.39 is 0 Å². The van der Waals surface area contributed by atoms with E-state index in [1.54, 1.807) is 6.20 Å². The Morgan fingerprint density at radius 1 is 1.41 bits per heavy atom. The van der Waals surface area contributed by atoms with E-state index in [1.807, 2.05) is 37.4 Å². The van der Waals surface area contributed by atoms with Gasteiger partial charge in [-0.05, 0) is 25.7 Å². The zero-order chi connectivity index (χ0) is 12.7. The Morgan fingerprint density at radius 3 is 2.65 bits per heavy atom. The average Bonchev–Trinajstić information content (AvgIpc) is 2.38. The fourth-order valence-electron chi connectivity index (χ4n) is 1.22. The largest absolute Gasteiger partial charge is 0.384 e. The molecule has 0 amide bonds. The van der Waals surface area contributed by atoms with E-state index in [4.69, 9.17) is 11.1 Å². The number of benzene rings is 1. The topological polar surface area (TPSA) is 74.8 Å². The first-order chi connectivity index (χ1) is 8.19. The van der Waals surface area contributed by atoms with Gasteiger partial charge in [-0.2, -0.15) is 0 Å². The monoisotopic (exact) mass is 230 g/mol. The minimum Gasteiger partial charge on any atom is -0.384 e. The predicted molar refractivity (Wildman–Crippen MR) is 72.4 cm³/mol. The molecule has 17 heavy (non-hydrogen) atoms. The molecule has 0 fully saturated rings. The summed E-state index contributed by atoms with van der Waals surface area (Å²) < 4.78 is 0. The van der Waals surface area contributed by atoms with Crippen molar-refractivity contribution < 1.29 is 0 Å².